The van der Waals surface area contributed by atoms with Crippen LogP contribution in [0.1, 0.15) is 41.5 Å². The number of rotatable bonds is 24. The van der Waals surface area contributed by atoms with E-state index in [1.54, 1.807) is 48.3 Å². The molecular weight excluding hydrogens is 1320 g/mol. The normalized spacial score (nSPS) is 10.5. The van der Waals surface area contributed by atoms with Gasteiger partial charge in [-0.3, -0.25) is 59.6 Å². The molecule has 91 heavy (non-hydrogen) atoms. The third-order valence-corrected chi connectivity index (χ3v) is 13.1. The molecule has 480 valence electrons. The molecule has 0 aromatic heterocycles. The van der Waals surface area contributed by atoms with Crippen LogP contribution in [0.4, 0.5) is 85.3 Å². The first kappa shape index (κ1) is 74.9. The van der Waals surface area contributed by atoms with Crippen molar-refractivity contribution in [1.82, 2.24) is 0 Å². The summed E-state index contributed by atoms with van der Waals surface area (Å²) in [4.78, 5) is 92.2. The maximum absolute atomic E-state index is 11.8. The van der Waals surface area contributed by atoms with E-state index in [9.17, 15) is 59.6 Å². The number of halogens is 4. The summed E-state index contributed by atoms with van der Waals surface area (Å²) in [6.07, 6.45) is 0.440. The Kier molecular flexibility index (Phi) is 29.8. The van der Waals surface area contributed by atoms with Gasteiger partial charge in [-0.05, 0) is 70.5 Å². The molecule has 0 aliphatic heterocycles. The predicted molar refractivity (Wildman–Crippen MR) is 346 cm³/mol. The van der Waals surface area contributed by atoms with Crippen LogP contribution < -0.4 is 30.1 Å². The van der Waals surface area contributed by atoms with Crippen LogP contribution >= 0.6 is 50.7 Å². The highest BCUT2D eigenvalue weighted by molar-refractivity contribution is 9.10. The van der Waals surface area contributed by atoms with Crippen LogP contribution in [0.5, 0.6) is 5.75 Å². The van der Waals surface area contributed by atoms with E-state index in [-0.39, 0.29) is 91.9 Å². The number of carbonyl (C=O) groups is 4. The number of nitro benzene ring substituents is 4. The quantitative estimate of drug-likeness (QED) is 0.0246. The highest BCUT2D eigenvalue weighted by Gasteiger charge is 2.25. The first-order chi connectivity index (χ1) is 42.5. The summed E-state index contributed by atoms with van der Waals surface area (Å²) in [6, 6.07) is 25.5. The van der Waals surface area contributed by atoms with E-state index in [1.807, 2.05) is 36.0 Å². The van der Waals surface area contributed by atoms with E-state index in [0.717, 1.165) is 23.5 Å². The largest absolute Gasteiger partial charge is 0.494 e. The molecule has 0 radical (unpaired) electrons. The van der Waals surface area contributed by atoms with E-state index < -0.39 is 42.9 Å². The summed E-state index contributed by atoms with van der Waals surface area (Å²) in [5, 5.41) is 82.3. The van der Waals surface area contributed by atoms with Crippen LogP contribution in [0.3, 0.4) is 0 Å². The van der Waals surface area contributed by atoms with Crippen molar-refractivity contribution in [2.24, 2.45) is 30.7 Å². The molecule has 0 saturated heterocycles. The number of nitrogens with zero attached hydrogens (tertiary/aromatic N) is 14. The molecule has 2 amide bonds. The lowest BCUT2D eigenvalue weighted by Gasteiger charge is -2.23. The molecule has 31 nitrogen and oxygen atoms in total. The Morgan fingerprint density at radius 3 is 1.56 bits per heavy atom. The van der Waals surface area contributed by atoms with Crippen molar-refractivity contribution in [1.29, 1.82) is 5.26 Å². The number of esters is 2. The second-order valence-electron chi connectivity index (χ2n) is 18.3. The zero-order chi connectivity index (χ0) is 66.9. The SMILES string of the molecule is C.CC(=O)Nc1cc(N(C)CCOC(C)=O)ccc1N=Nc1ccc([N+](=O)[O-])cc1Cl.CN(CCC#N)c1ccc(N=Nc2c(Cl)cc([N+](=O)[O-])cc2Cl)cc1.COc1cc(N=Nc2c(Br)cc([N+](=O)[O-])cc2[N+](=O)[O-])c(NC(C)=O)cc1N(C)CCOC(C)=O. The topological polar surface area (TPSA) is 400 Å². The van der Waals surface area contributed by atoms with Gasteiger partial charge in [-0.1, -0.05) is 42.2 Å². The van der Waals surface area contributed by atoms with Gasteiger partial charge in [0.15, 0.2) is 5.69 Å². The van der Waals surface area contributed by atoms with Gasteiger partial charge in [0.25, 0.3) is 17.1 Å². The number of non-ortho nitro benzene ring substituents is 3. The fraction of sp³-hybridized carbons (Fsp3) is 0.268. The van der Waals surface area contributed by atoms with Crippen molar-refractivity contribution in [3.8, 4) is 11.8 Å². The minimum absolute atomic E-state index is 0. The third kappa shape index (κ3) is 23.6. The fourth-order valence-corrected chi connectivity index (χ4v) is 8.51. The molecule has 35 heteroatoms. The Labute approximate surface area is 543 Å². The molecule has 0 saturated carbocycles. The van der Waals surface area contributed by atoms with Crippen molar-refractivity contribution in [2.75, 3.05) is 86.4 Å². The number of methoxy groups -OCH3 is 1. The number of nitro groups is 4. The number of nitriles is 1. The molecule has 0 unspecified atom stereocenters. The summed E-state index contributed by atoms with van der Waals surface area (Å²) in [7, 11) is 6.84. The Morgan fingerprint density at radius 1 is 0.560 bits per heavy atom. The smallest absolute Gasteiger partial charge is 0.304 e. The molecule has 0 aliphatic rings. The van der Waals surface area contributed by atoms with E-state index in [4.69, 9.17) is 54.3 Å². The van der Waals surface area contributed by atoms with E-state index in [2.05, 4.69) is 63.3 Å². The van der Waals surface area contributed by atoms with E-state index in [1.165, 1.54) is 71.2 Å². The molecule has 6 aromatic rings. The zero-order valence-electron chi connectivity index (χ0n) is 48.9. The molecule has 0 heterocycles. The zero-order valence-corrected chi connectivity index (χ0v) is 52.7. The van der Waals surface area contributed by atoms with Crippen LogP contribution in [0.25, 0.3) is 0 Å². The number of hydrogen-bond acceptors (Lipinski definition) is 25. The van der Waals surface area contributed by atoms with Crippen molar-refractivity contribution < 1.29 is 53.1 Å². The van der Waals surface area contributed by atoms with Crippen LogP contribution in [0.15, 0.2) is 132 Å². The average molecular weight is 1380 g/mol. The minimum Gasteiger partial charge on any atom is -0.494 e. The summed E-state index contributed by atoms with van der Waals surface area (Å²) in [5.74, 6) is -1.16. The monoisotopic (exact) mass is 1380 g/mol. The van der Waals surface area contributed by atoms with E-state index >= 15 is 0 Å². The highest BCUT2D eigenvalue weighted by atomic mass is 79.9. The van der Waals surface area contributed by atoms with Crippen molar-refractivity contribution in [2.45, 2.75) is 41.5 Å². The number of hydrogen-bond donors (Lipinski definition) is 2. The Balaban J connectivity index is 0.000000359. The molecule has 0 bridgehead atoms. The number of benzene rings is 6. The van der Waals surface area contributed by atoms with Crippen LogP contribution in [-0.2, 0) is 28.7 Å². The molecule has 6 rings (SSSR count). The number of anilines is 5. The summed E-state index contributed by atoms with van der Waals surface area (Å²) in [5.41, 5.74) is 2.60. The van der Waals surface area contributed by atoms with Crippen LogP contribution in [0.2, 0.25) is 15.1 Å². The molecule has 0 fully saturated rings. The second kappa shape index (κ2) is 36.2. The Bertz CT molecular complexity index is 3800. The first-order valence-electron chi connectivity index (χ1n) is 25.8. The van der Waals surface area contributed by atoms with Gasteiger partial charge in [0.1, 0.15) is 41.7 Å². The van der Waals surface area contributed by atoms with Gasteiger partial charge in [0, 0.05) is 103 Å². The lowest BCUT2D eigenvalue weighted by molar-refractivity contribution is -0.393. The molecule has 0 aliphatic carbocycles. The van der Waals surface area contributed by atoms with Gasteiger partial charge in [-0.25, -0.2) is 0 Å². The first-order valence-corrected chi connectivity index (χ1v) is 27.7. The fourth-order valence-electron chi connectivity index (χ4n) is 7.23. The maximum atomic E-state index is 11.8. The number of carbonyl (C=O) groups excluding carboxylic acids is 4. The second-order valence-corrected chi connectivity index (χ2v) is 20.4. The molecule has 0 spiro atoms. The van der Waals surface area contributed by atoms with Gasteiger partial charge in [-0.15, -0.1) is 25.6 Å². The summed E-state index contributed by atoms with van der Waals surface area (Å²) in [6.45, 7) is 7.03. The number of nitrogens with one attached hydrogen (secondary N) is 2. The number of amides is 2. The van der Waals surface area contributed by atoms with Gasteiger partial charge in [-0.2, -0.15) is 10.4 Å². The van der Waals surface area contributed by atoms with Crippen LogP contribution in [0, 0.1) is 51.8 Å². The van der Waals surface area contributed by atoms with Gasteiger partial charge in [0.05, 0.1) is 101 Å². The van der Waals surface area contributed by atoms with Crippen molar-refractivity contribution in [3.63, 3.8) is 0 Å². The standard InChI is InChI=1S/C20H21BrN6O8.C19H20ClN5O5.C16H13Cl2N5O2.CH4/c1-11(28)22-15-9-17(25(3)5-6-35-12(2)29)19(34-4)10-16(15)23-24-20-14(21)7-13(26(30)31)8-18(20)27(32)33;1-12(26)21-19-11-14(24(3)8-9-30-13(2)27)4-7-18(19)23-22-17-6-5-15(25(28)29)10-16(17)20;1-22(8-2-7-19)12-5-3-11(4-6-12)20-21-16-14(17)9-13(23(24)25)10-15(16)18;/h7-10H,5-6H2,1-4H3,(H,22,28);4-7,10-11H,8-9H2,1-3H3,(H,21,26);3-6,9-10H,2,8H2,1H3;1H4. The Hall–Kier alpha value is -10.4. The third-order valence-electron chi connectivity index (χ3n) is 11.6. The molecular formula is C56H58BrCl3N16O15. The molecule has 6 aromatic carbocycles. The van der Waals surface area contributed by atoms with Crippen LogP contribution in [-0.4, -0.2) is 105 Å². The summed E-state index contributed by atoms with van der Waals surface area (Å²) >= 11 is 21.1. The number of ether oxygens (including phenoxy) is 3. The lowest BCUT2D eigenvalue weighted by atomic mass is 10.2. The highest BCUT2D eigenvalue weighted by Crippen LogP contribution is 2.44. The van der Waals surface area contributed by atoms with Gasteiger partial charge >= 0.3 is 17.6 Å². The predicted octanol–water partition coefficient (Wildman–Crippen LogP) is 15.6. The summed E-state index contributed by atoms with van der Waals surface area (Å²) < 4.78 is 15.3. The van der Waals surface area contributed by atoms with E-state index in [0.29, 0.717) is 54.6 Å². The van der Waals surface area contributed by atoms with Crippen molar-refractivity contribution >= 4 is 160 Å². The average Bonchev–Trinajstić information content (AvgIpc) is 1.08. The minimum atomic E-state index is -0.817. The van der Waals surface area contributed by atoms with Gasteiger partial charge < -0.3 is 39.5 Å². The maximum Gasteiger partial charge on any atom is 0.304 e. The number of likely N-dealkylation sites (N-methyl/N-ethyl adjacent to an activating group) is 2. The van der Waals surface area contributed by atoms with Crippen molar-refractivity contribution in [3.05, 3.63) is 157 Å². The number of azo groups is 3. The molecule has 0 atom stereocenters. The Morgan fingerprint density at radius 2 is 1.04 bits per heavy atom. The molecule has 2 N–H and O–H groups in total. The van der Waals surface area contributed by atoms with Gasteiger partial charge in [0.2, 0.25) is 11.8 Å². The lowest BCUT2D eigenvalue weighted by Crippen LogP contribution is -2.24.